The van der Waals surface area contributed by atoms with Gasteiger partial charge in [0.1, 0.15) is 40.2 Å². The zero-order valence-electron chi connectivity index (χ0n) is 16.9. The lowest BCUT2D eigenvalue weighted by molar-refractivity contribution is 0.102. The molecule has 0 aliphatic carbocycles. The Kier molecular flexibility index (Phi) is 6.84. The van der Waals surface area contributed by atoms with Crippen LogP contribution < -0.4 is 19.5 Å². The van der Waals surface area contributed by atoms with Crippen LogP contribution in [0.5, 0.6) is 23.1 Å². The number of methoxy groups -OCH3 is 1. The van der Waals surface area contributed by atoms with Gasteiger partial charge in [0.05, 0.1) is 7.11 Å². The molecule has 0 atom stereocenters. The minimum absolute atomic E-state index is 0.248. The number of halogens is 1. The Bertz CT molecular complexity index is 1200. The highest BCUT2D eigenvalue weighted by Crippen LogP contribution is 2.28. The summed E-state index contributed by atoms with van der Waals surface area (Å²) in [6.07, 6.45) is 1.59. The van der Waals surface area contributed by atoms with Crippen LogP contribution in [0.2, 0.25) is 5.02 Å². The lowest BCUT2D eigenvalue weighted by Gasteiger charge is -2.10. The van der Waals surface area contributed by atoms with Gasteiger partial charge in [0.25, 0.3) is 5.91 Å². The molecule has 0 unspecified atom stereocenters. The highest BCUT2D eigenvalue weighted by atomic mass is 35.5. The van der Waals surface area contributed by atoms with E-state index in [1.807, 2.05) is 0 Å². The lowest BCUT2D eigenvalue weighted by atomic mass is 10.3. The standard InChI is InChI=1S/C23H18ClN3O4S/c1-29-16-8-10-18(11-9-16)31-23-19(3-2-12-25-23)27-22(28)20-14-32-21(26-20)13-30-17-6-4-15(24)5-7-17/h2-12,14H,13H2,1H3,(H,27,28). The number of ether oxygens (including phenoxy) is 3. The van der Waals surface area contributed by atoms with Crippen LogP contribution >= 0.6 is 22.9 Å². The van der Waals surface area contributed by atoms with Crippen LogP contribution in [0.15, 0.2) is 72.2 Å². The first kappa shape index (κ1) is 21.6. The maximum Gasteiger partial charge on any atom is 0.275 e. The van der Waals surface area contributed by atoms with Crippen molar-refractivity contribution in [3.05, 3.63) is 88.0 Å². The molecular formula is C23H18ClN3O4S. The summed E-state index contributed by atoms with van der Waals surface area (Å²) in [6, 6.07) is 17.5. The van der Waals surface area contributed by atoms with E-state index in [-0.39, 0.29) is 24.1 Å². The van der Waals surface area contributed by atoms with Gasteiger partial charge in [-0.05, 0) is 60.7 Å². The molecule has 2 aromatic heterocycles. The summed E-state index contributed by atoms with van der Waals surface area (Å²) in [5, 5.41) is 5.79. The van der Waals surface area contributed by atoms with Gasteiger partial charge in [-0.15, -0.1) is 11.3 Å². The monoisotopic (exact) mass is 467 g/mol. The summed E-state index contributed by atoms with van der Waals surface area (Å²) in [4.78, 5) is 21.3. The quantitative estimate of drug-likeness (QED) is 0.351. The minimum Gasteiger partial charge on any atom is -0.497 e. The molecule has 0 spiro atoms. The highest BCUT2D eigenvalue weighted by molar-refractivity contribution is 7.09. The SMILES string of the molecule is COc1ccc(Oc2ncccc2NC(=O)c2csc(COc3ccc(Cl)cc3)n2)cc1. The van der Waals surface area contributed by atoms with E-state index in [4.69, 9.17) is 25.8 Å². The largest absolute Gasteiger partial charge is 0.497 e. The molecule has 1 amide bonds. The van der Waals surface area contributed by atoms with Gasteiger partial charge in [0, 0.05) is 16.6 Å². The third-order valence-electron chi connectivity index (χ3n) is 4.25. The molecule has 0 bridgehead atoms. The van der Waals surface area contributed by atoms with Crippen LogP contribution in [0.25, 0.3) is 0 Å². The van der Waals surface area contributed by atoms with Crippen molar-refractivity contribution in [1.29, 1.82) is 0 Å². The second kappa shape index (κ2) is 10.1. The number of nitrogens with one attached hydrogen (secondary N) is 1. The van der Waals surface area contributed by atoms with Crippen LogP contribution in [-0.4, -0.2) is 23.0 Å². The third kappa shape index (κ3) is 5.54. The first-order valence-electron chi connectivity index (χ1n) is 9.52. The third-order valence-corrected chi connectivity index (χ3v) is 5.33. The highest BCUT2D eigenvalue weighted by Gasteiger charge is 2.15. The Balaban J connectivity index is 1.40. The number of benzene rings is 2. The molecule has 0 fully saturated rings. The summed E-state index contributed by atoms with van der Waals surface area (Å²) in [7, 11) is 1.59. The summed E-state index contributed by atoms with van der Waals surface area (Å²) in [5.41, 5.74) is 0.712. The maximum absolute atomic E-state index is 12.7. The number of nitrogens with zero attached hydrogens (tertiary/aromatic N) is 2. The summed E-state index contributed by atoms with van der Waals surface area (Å²) in [5.74, 6) is 1.85. The van der Waals surface area contributed by atoms with Crippen molar-refractivity contribution >= 4 is 34.5 Å². The molecule has 0 radical (unpaired) electrons. The van der Waals surface area contributed by atoms with Crippen molar-refractivity contribution in [3.8, 4) is 23.1 Å². The number of hydrogen-bond acceptors (Lipinski definition) is 7. The molecule has 2 aromatic carbocycles. The van der Waals surface area contributed by atoms with Gasteiger partial charge < -0.3 is 19.5 Å². The molecule has 1 N–H and O–H groups in total. The zero-order chi connectivity index (χ0) is 22.3. The van der Waals surface area contributed by atoms with Crippen LogP contribution in [0.4, 0.5) is 5.69 Å². The number of hydrogen-bond donors (Lipinski definition) is 1. The van der Waals surface area contributed by atoms with Gasteiger partial charge in [-0.2, -0.15) is 0 Å². The number of thiazole rings is 1. The molecule has 9 heteroatoms. The molecule has 0 aliphatic heterocycles. The van der Waals surface area contributed by atoms with E-state index in [0.29, 0.717) is 33.0 Å². The number of pyridine rings is 1. The van der Waals surface area contributed by atoms with Crippen molar-refractivity contribution in [2.24, 2.45) is 0 Å². The fourth-order valence-electron chi connectivity index (χ4n) is 2.67. The predicted octanol–water partition coefficient (Wildman–Crippen LogP) is 5.82. The molecule has 0 aliphatic rings. The van der Waals surface area contributed by atoms with Gasteiger partial charge in [-0.3, -0.25) is 4.79 Å². The van der Waals surface area contributed by atoms with Crippen molar-refractivity contribution in [2.45, 2.75) is 6.61 Å². The van der Waals surface area contributed by atoms with E-state index >= 15 is 0 Å². The first-order valence-corrected chi connectivity index (χ1v) is 10.8. The maximum atomic E-state index is 12.7. The molecule has 4 rings (SSSR count). The number of amides is 1. The smallest absolute Gasteiger partial charge is 0.275 e. The molecular weight excluding hydrogens is 450 g/mol. The lowest BCUT2D eigenvalue weighted by Crippen LogP contribution is -2.13. The molecule has 0 saturated carbocycles. The van der Waals surface area contributed by atoms with Crippen molar-refractivity contribution in [3.63, 3.8) is 0 Å². The van der Waals surface area contributed by atoms with Crippen LogP contribution in [0.3, 0.4) is 0 Å². The van der Waals surface area contributed by atoms with E-state index < -0.39 is 0 Å². The second-order valence-electron chi connectivity index (χ2n) is 6.46. The minimum atomic E-state index is -0.369. The Morgan fingerprint density at radius 2 is 1.75 bits per heavy atom. The van der Waals surface area contributed by atoms with Gasteiger partial charge in [0.2, 0.25) is 5.88 Å². The van der Waals surface area contributed by atoms with E-state index in [0.717, 1.165) is 0 Å². The molecule has 32 heavy (non-hydrogen) atoms. The summed E-state index contributed by atoms with van der Waals surface area (Å²) in [6.45, 7) is 0.248. The van der Waals surface area contributed by atoms with E-state index in [1.165, 1.54) is 11.3 Å². The average molecular weight is 468 g/mol. The number of carbonyl (C=O) groups excluding carboxylic acids is 1. The molecule has 0 saturated heterocycles. The van der Waals surface area contributed by atoms with Crippen molar-refractivity contribution in [1.82, 2.24) is 9.97 Å². The Hall–Kier alpha value is -3.62. The van der Waals surface area contributed by atoms with Crippen LogP contribution in [0.1, 0.15) is 15.5 Å². The van der Waals surface area contributed by atoms with Crippen LogP contribution in [-0.2, 0) is 6.61 Å². The molecule has 7 nitrogen and oxygen atoms in total. The van der Waals surface area contributed by atoms with Gasteiger partial charge in [-0.1, -0.05) is 11.6 Å². The molecule has 162 valence electrons. The van der Waals surface area contributed by atoms with Gasteiger partial charge in [-0.25, -0.2) is 9.97 Å². The van der Waals surface area contributed by atoms with Gasteiger partial charge in [0.15, 0.2) is 0 Å². The number of rotatable bonds is 8. The average Bonchev–Trinajstić information content (AvgIpc) is 3.30. The van der Waals surface area contributed by atoms with Crippen molar-refractivity contribution in [2.75, 3.05) is 12.4 Å². The second-order valence-corrected chi connectivity index (χ2v) is 7.84. The van der Waals surface area contributed by atoms with Crippen LogP contribution in [0, 0.1) is 0 Å². The fourth-order valence-corrected chi connectivity index (χ4v) is 3.48. The van der Waals surface area contributed by atoms with Gasteiger partial charge >= 0.3 is 0 Å². The number of carbonyl (C=O) groups is 1. The Morgan fingerprint density at radius 3 is 2.50 bits per heavy atom. The number of anilines is 1. The van der Waals surface area contributed by atoms with E-state index in [1.54, 1.807) is 79.4 Å². The fraction of sp³-hybridized carbons (Fsp3) is 0.0870. The summed E-state index contributed by atoms with van der Waals surface area (Å²) < 4.78 is 16.6. The number of aromatic nitrogens is 2. The Morgan fingerprint density at radius 1 is 1.03 bits per heavy atom. The first-order chi connectivity index (χ1) is 15.6. The topological polar surface area (TPSA) is 82.6 Å². The molecule has 2 heterocycles. The Labute approximate surface area is 193 Å². The molecule has 4 aromatic rings. The predicted molar refractivity (Wildman–Crippen MR) is 123 cm³/mol. The van der Waals surface area contributed by atoms with Crippen molar-refractivity contribution < 1.29 is 19.0 Å². The van der Waals surface area contributed by atoms with E-state index in [2.05, 4.69) is 15.3 Å². The van der Waals surface area contributed by atoms with E-state index in [9.17, 15) is 4.79 Å². The summed E-state index contributed by atoms with van der Waals surface area (Å²) >= 11 is 7.21. The normalized spacial score (nSPS) is 10.4. The zero-order valence-corrected chi connectivity index (χ0v) is 18.5.